The Bertz CT molecular complexity index is 186. The number of aliphatic hydroxyl groups excluding tert-OH is 1. The van der Waals surface area contributed by atoms with Crippen LogP contribution in [0.2, 0.25) is 0 Å². The lowest BCUT2D eigenvalue weighted by Gasteiger charge is -2.32. The topological polar surface area (TPSA) is 29.5 Å². The molecule has 0 aliphatic carbocycles. The van der Waals surface area contributed by atoms with Crippen LogP contribution in [0.3, 0.4) is 0 Å². The van der Waals surface area contributed by atoms with Gasteiger partial charge in [0.25, 0.3) is 0 Å². The second-order valence-corrected chi connectivity index (χ2v) is 5.94. The van der Waals surface area contributed by atoms with E-state index in [1.807, 2.05) is 0 Å². The second-order valence-electron chi connectivity index (χ2n) is 4.77. The monoisotopic (exact) mass is 278 g/mol. The standard InChI is InChI=1S/C12H23BrO2/c1-4-10(13)12-6-5-8(2)11(14)7-9(3)15-12/h8-12,14H,4-7H2,1-3H3/t8-,9-,10+,11-,12+/m1/s1. The molecule has 0 saturated carbocycles. The van der Waals surface area contributed by atoms with E-state index < -0.39 is 0 Å². The summed E-state index contributed by atoms with van der Waals surface area (Å²) < 4.78 is 5.96. The van der Waals surface area contributed by atoms with Crippen molar-refractivity contribution in [3.05, 3.63) is 0 Å². The normalized spacial score (nSPS) is 40.6. The number of halogens is 1. The number of hydrogen-bond donors (Lipinski definition) is 1. The fourth-order valence-electron chi connectivity index (χ4n) is 2.14. The zero-order valence-corrected chi connectivity index (χ0v) is 11.5. The molecule has 0 spiro atoms. The van der Waals surface area contributed by atoms with Crippen molar-refractivity contribution in [3.8, 4) is 0 Å². The van der Waals surface area contributed by atoms with Crippen molar-refractivity contribution in [2.45, 2.75) is 69.6 Å². The zero-order chi connectivity index (χ0) is 11.4. The Morgan fingerprint density at radius 3 is 2.67 bits per heavy atom. The van der Waals surface area contributed by atoms with Crippen LogP contribution in [-0.4, -0.2) is 28.2 Å². The smallest absolute Gasteiger partial charge is 0.0703 e. The minimum absolute atomic E-state index is 0.166. The molecule has 2 nitrogen and oxygen atoms in total. The van der Waals surface area contributed by atoms with Gasteiger partial charge in [0.05, 0.1) is 18.3 Å². The highest BCUT2D eigenvalue weighted by Gasteiger charge is 2.27. The van der Waals surface area contributed by atoms with E-state index in [0.717, 1.165) is 25.7 Å². The van der Waals surface area contributed by atoms with Crippen molar-refractivity contribution >= 4 is 15.9 Å². The van der Waals surface area contributed by atoms with Crippen LogP contribution in [0.1, 0.15) is 46.5 Å². The van der Waals surface area contributed by atoms with E-state index in [9.17, 15) is 5.11 Å². The molecule has 0 aromatic rings. The SMILES string of the molecule is CC[C@H](Br)[C@@H]1CC[C@@H](C)[C@H](O)C[C@@H](C)O1. The maximum atomic E-state index is 9.84. The largest absolute Gasteiger partial charge is 0.393 e. The van der Waals surface area contributed by atoms with Gasteiger partial charge in [-0.25, -0.2) is 0 Å². The summed E-state index contributed by atoms with van der Waals surface area (Å²) in [5.74, 6) is 0.399. The minimum atomic E-state index is -0.198. The van der Waals surface area contributed by atoms with Crippen LogP contribution in [0.4, 0.5) is 0 Å². The third-order valence-electron chi connectivity index (χ3n) is 3.34. The first-order valence-electron chi connectivity index (χ1n) is 6.02. The predicted octanol–water partition coefficient (Wildman–Crippen LogP) is 3.11. The summed E-state index contributed by atoms with van der Waals surface area (Å²) in [6, 6.07) is 0. The summed E-state index contributed by atoms with van der Waals surface area (Å²) >= 11 is 3.67. The van der Waals surface area contributed by atoms with Crippen molar-refractivity contribution < 1.29 is 9.84 Å². The summed E-state index contributed by atoms with van der Waals surface area (Å²) in [6.07, 6.45) is 4.23. The fourth-order valence-corrected chi connectivity index (χ4v) is 2.53. The van der Waals surface area contributed by atoms with Crippen LogP contribution < -0.4 is 0 Å². The van der Waals surface area contributed by atoms with Gasteiger partial charge in [0, 0.05) is 4.83 Å². The van der Waals surface area contributed by atoms with Crippen molar-refractivity contribution in [1.82, 2.24) is 0 Å². The molecule has 90 valence electrons. The molecule has 15 heavy (non-hydrogen) atoms. The number of alkyl halides is 1. The maximum Gasteiger partial charge on any atom is 0.0703 e. The highest BCUT2D eigenvalue weighted by molar-refractivity contribution is 9.09. The Hall–Kier alpha value is 0.400. The van der Waals surface area contributed by atoms with Crippen LogP contribution in [0.15, 0.2) is 0 Å². The second kappa shape index (κ2) is 6.21. The zero-order valence-electron chi connectivity index (χ0n) is 9.95. The molecule has 0 aromatic carbocycles. The van der Waals surface area contributed by atoms with Crippen LogP contribution in [0.25, 0.3) is 0 Å². The molecule has 1 fully saturated rings. The molecule has 0 aromatic heterocycles. The Labute approximate surface area is 102 Å². The van der Waals surface area contributed by atoms with Gasteiger partial charge in [-0.1, -0.05) is 29.8 Å². The first kappa shape index (κ1) is 13.5. The van der Waals surface area contributed by atoms with Gasteiger partial charge in [-0.3, -0.25) is 0 Å². The van der Waals surface area contributed by atoms with Crippen LogP contribution in [-0.2, 0) is 4.74 Å². The number of aliphatic hydroxyl groups is 1. The molecule has 3 heteroatoms. The fraction of sp³-hybridized carbons (Fsp3) is 1.00. The third-order valence-corrected chi connectivity index (χ3v) is 4.57. The highest BCUT2D eigenvalue weighted by atomic mass is 79.9. The molecular weight excluding hydrogens is 256 g/mol. The molecule has 1 heterocycles. The average Bonchev–Trinajstić information content (AvgIpc) is 2.20. The first-order valence-corrected chi connectivity index (χ1v) is 6.93. The van der Waals surface area contributed by atoms with Gasteiger partial charge >= 0.3 is 0 Å². The molecule has 1 aliphatic rings. The molecule has 0 bridgehead atoms. The highest BCUT2D eigenvalue weighted by Crippen LogP contribution is 2.27. The molecular formula is C12H23BrO2. The quantitative estimate of drug-likeness (QED) is 0.787. The molecule has 1 aliphatic heterocycles. The van der Waals surface area contributed by atoms with Crippen molar-refractivity contribution in [1.29, 1.82) is 0 Å². The first-order chi connectivity index (χ1) is 7.04. The van der Waals surface area contributed by atoms with Crippen molar-refractivity contribution in [2.24, 2.45) is 5.92 Å². The van der Waals surface area contributed by atoms with Crippen LogP contribution >= 0.6 is 15.9 Å². The van der Waals surface area contributed by atoms with E-state index in [0.29, 0.717) is 16.8 Å². The van der Waals surface area contributed by atoms with Gasteiger partial charge in [0.1, 0.15) is 0 Å². The van der Waals surface area contributed by atoms with Crippen molar-refractivity contribution in [2.75, 3.05) is 0 Å². The lowest BCUT2D eigenvalue weighted by Crippen LogP contribution is -2.35. The molecule has 1 saturated heterocycles. The Morgan fingerprint density at radius 2 is 2.07 bits per heavy atom. The summed E-state index contributed by atoms with van der Waals surface area (Å²) in [6.45, 7) is 6.36. The minimum Gasteiger partial charge on any atom is -0.393 e. The molecule has 5 atom stereocenters. The summed E-state index contributed by atoms with van der Waals surface area (Å²) in [7, 11) is 0. The van der Waals surface area contributed by atoms with Gasteiger partial charge < -0.3 is 9.84 Å². The predicted molar refractivity (Wildman–Crippen MR) is 66.4 cm³/mol. The summed E-state index contributed by atoms with van der Waals surface area (Å²) in [5, 5.41) is 9.84. The number of hydrogen-bond acceptors (Lipinski definition) is 2. The maximum absolute atomic E-state index is 9.84. The number of ether oxygens (including phenoxy) is 1. The molecule has 0 amide bonds. The molecule has 1 rings (SSSR count). The van der Waals surface area contributed by atoms with Gasteiger partial charge in [0.2, 0.25) is 0 Å². The third kappa shape index (κ3) is 4.04. The van der Waals surface area contributed by atoms with E-state index in [1.54, 1.807) is 0 Å². The van der Waals surface area contributed by atoms with E-state index in [2.05, 4.69) is 36.7 Å². The van der Waals surface area contributed by atoms with E-state index in [1.165, 1.54) is 0 Å². The van der Waals surface area contributed by atoms with Gasteiger partial charge in [-0.2, -0.15) is 0 Å². The van der Waals surface area contributed by atoms with Crippen molar-refractivity contribution in [3.63, 3.8) is 0 Å². The van der Waals surface area contributed by atoms with Gasteiger partial charge in [0.15, 0.2) is 0 Å². The summed E-state index contributed by atoms with van der Waals surface area (Å²) in [5.41, 5.74) is 0. The van der Waals surface area contributed by atoms with E-state index >= 15 is 0 Å². The Balaban J connectivity index is 2.55. The van der Waals surface area contributed by atoms with Gasteiger partial charge in [-0.05, 0) is 38.5 Å². The number of rotatable bonds is 2. The lowest BCUT2D eigenvalue weighted by molar-refractivity contribution is -0.0588. The molecule has 1 N–H and O–H groups in total. The lowest BCUT2D eigenvalue weighted by atomic mass is 9.91. The van der Waals surface area contributed by atoms with Gasteiger partial charge in [-0.15, -0.1) is 0 Å². The summed E-state index contributed by atoms with van der Waals surface area (Å²) in [4.78, 5) is 0.447. The molecule has 0 unspecified atom stereocenters. The molecule has 0 radical (unpaired) electrons. The van der Waals surface area contributed by atoms with E-state index in [-0.39, 0.29) is 12.2 Å². The Morgan fingerprint density at radius 1 is 1.40 bits per heavy atom. The van der Waals surface area contributed by atoms with E-state index in [4.69, 9.17) is 4.74 Å². The average molecular weight is 279 g/mol. The van der Waals surface area contributed by atoms with Crippen LogP contribution in [0, 0.1) is 5.92 Å². The Kier molecular flexibility index (Phi) is 5.58. The van der Waals surface area contributed by atoms with Crippen LogP contribution in [0.5, 0.6) is 0 Å².